The van der Waals surface area contributed by atoms with Gasteiger partial charge in [0.1, 0.15) is 6.61 Å². The Labute approximate surface area is 137 Å². The smallest absolute Gasteiger partial charge is 0.203 e. The summed E-state index contributed by atoms with van der Waals surface area (Å²) in [5.41, 5.74) is 1.84. The van der Waals surface area contributed by atoms with Crippen LogP contribution in [0, 0.1) is 0 Å². The predicted molar refractivity (Wildman–Crippen MR) is 85.4 cm³/mol. The molecule has 0 atom stereocenters. The minimum absolute atomic E-state index is 0.360. The Morgan fingerprint density at radius 3 is 2.24 bits per heavy atom. The average Bonchev–Trinajstić information content (AvgIpc) is 2.52. The average molecular weight is 373 g/mol. The van der Waals surface area contributed by atoms with Crippen molar-refractivity contribution in [2.24, 2.45) is 0 Å². The third-order valence-corrected chi connectivity index (χ3v) is 3.56. The van der Waals surface area contributed by atoms with Crippen molar-refractivity contribution >= 4 is 27.5 Å². The monoisotopic (exact) mass is 371 g/mol. The molecule has 1 aromatic heterocycles. The first-order chi connectivity index (χ1) is 10.2. The van der Waals surface area contributed by atoms with E-state index in [9.17, 15) is 0 Å². The number of methoxy groups -OCH3 is 2. The molecule has 0 aliphatic heterocycles. The van der Waals surface area contributed by atoms with E-state index in [1.807, 2.05) is 18.2 Å². The van der Waals surface area contributed by atoms with Crippen molar-refractivity contribution in [1.29, 1.82) is 0 Å². The van der Waals surface area contributed by atoms with E-state index in [4.69, 9.17) is 25.8 Å². The summed E-state index contributed by atoms with van der Waals surface area (Å²) in [6.45, 7) is 0.360. The Hall–Kier alpha value is -1.46. The lowest BCUT2D eigenvalue weighted by molar-refractivity contribution is 0.265. The Balaban J connectivity index is 2.26. The molecule has 0 bridgehead atoms. The number of benzene rings is 1. The molecule has 0 spiro atoms. The molecule has 0 saturated carbocycles. The van der Waals surface area contributed by atoms with Gasteiger partial charge in [0.15, 0.2) is 11.5 Å². The standard InChI is InChI=1S/C15H15BrClNO3/c1-19-13-4-10(6-17)5-14(20-2)15(13)21-9-11-3-12(16)8-18-7-11/h3-5,7-8H,6,9H2,1-2H3. The zero-order valence-electron chi connectivity index (χ0n) is 11.7. The molecule has 1 heterocycles. The second-order valence-electron chi connectivity index (χ2n) is 4.26. The van der Waals surface area contributed by atoms with Gasteiger partial charge < -0.3 is 14.2 Å². The Morgan fingerprint density at radius 2 is 1.71 bits per heavy atom. The molecule has 2 rings (SSSR count). The van der Waals surface area contributed by atoms with E-state index in [0.717, 1.165) is 15.6 Å². The normalized spacial score (nSPS) is 10.3. The molecule has 0 amide bonds. The van der Waals surface area contributed by atoms with Gasteiger partial charge in [0.05, 0.1) is 14.2 Å². The summed E-state index contributed by atoms with van der Waals surface area (Å²) in [5.74, 6) is 2.11. The quantitative estimate of drug-likeness (QED) is 0.713. The van der Waals surface area contributed by atoms with Crippen LogP contribution in [0.5, 0.6) is 17.2 Å². The van der Waals surface area contributed by atoms with Gasteiger partial charge in [-0.05, 0) is 39.7 Å². The molecule has 0 aliphatic carbocycles. The lowest BCUT2D eigenvalue weighted by Crippen LogP contribution is -2.01. The van der Waals surface area contributed by atoms with Crippen LogP contribution in [0.15, 0.2) is 35.1 Å². The van der Waals surface area contributed by atoms with Crippen LogP contribution in [-0.4, -0.2) is 19.2 Å². The summed E-state index contributed by atoms with van der Waals surface area (Å²) < 4.78 is 17.4. The second-order valence-corrected chi connectivity index (χ2v) is 5.45. The summed E-state index contributed by atoms with van der Waals surface area (Å²) in [4.78, 5) is 4.10. The van der Waals surface area contributed by atoms with Gasteiger partial charge in [-0.15, -0.1) is 11.6 Å². The van der Waals surface area contributed by atoms with E-state index in [0.29, 0.717) is 29.7 Å². The number of ether oxygens (including phenoxy) is 3. The maximum atomic E-state index is 5.86. The fraction of sp³-hybridized carbons (Fsp3) is 0.267. The van der Waals surface area contributed by atoms with Gasteiger partial charge in [-0.1, -0.05) is 0 Å². The lowest BCUT2D eigenvalue weighted by Gasteiger charge is -2.15. The van der Waals surface area contributed by atoms with E-state index in [1.165, 1.54) is 0 Å². The van der Waals surface area contributed by atoms with Crippen LogP contribution in [0.1, 0.15) is 11.1 Å². The summed E-state index contributed by atoms with van der Waals surface area (Å²) >= 11 is 9.24. The van der Waals surface area contributed by atoms with Crippen LogP contribution in [0.4, 0.5) is 0 Å². The lowest BCUT2D eigenvalue weighted by atomic mass is 10.2. The van der Waals surface area contributed by atoms with Crippen molar-refractivity contribution < 1.29 is 14.2 Å². The molecule has 0 aliphatic rings. The Bertz CT molecular complexity index is 597. The van der Waals surface area contributed by atoms with E-state index in [2.05, 4.69) is 20.9 Å². The Morgan fingerprint density at radius 1 is 1.05 bits per heavy atom. The highest BCUT2D eigenvalue weighted by molar-refractivity contribution is 9.10. The molecule has 6 heteroatoms. The summed E-state index contributed by atoms with van der Waals surface area (Å²) in [6.07, 6.45) is 3.47. The van der Waals surface area contributed by atoms with E-state index in [1.54, 1.807) is 26.6 Å². The largest absolute Gasteiger partial charge is 0.493 e. The van der Waals surface area contributed by atoms with Crippen LogP contribution in [-0.2, 0) is 12.5 Å². The van der Waals surface area contributed by atoms with Gasteiger partial charge in [0.2, 0.25) is 5.75 Å². The molecule has 112 valence electrons. The van der Waals surface area contributed by atoms with Crippen molar-refractivity contribution in [3.05, 3.63) is 46.2 Å². The molecule has 0 N–H and O–H groups in total. The van der Waals surface area contributed by atoms with Crippen LogP contribution in [0.3, 0.4) is 0 Å². The summed E-state index contributed by atoms with van der Waals surface area (Å²) in [5, 5.41) is 0. The molecule has 4 nitrogen and oxygen atoms in total. The Kier molecular flexibility index (Phi) is 5.70. The van der Waals surface area contributed by atoms with Gasteiger partial charge in [0, 0.05) is 28.3 Å². The van der Waals surface area contributed by atoms with Crippen LogP contribution in [0.2, 0.25) is 0 Å². The minimum Gasteiger partial charge on any atom is -0.493 e. The number of aromatic nitrogens is 1. The number of nitrogens with zero attached hydrogens (tertiary/aromatic N) is 1. The molecular formula is C15H15BrClNO3. The molecule has 0 saturated heterocycles. The third kappa shape index (κ3) is 4.02. The third-order valence-electron chi connectivity index (χ3n) is 2.82. The summed E-state index contributed by atoms with van der Waals surface area (Å²) in [6, 6.07) is 5.62. The molecular weight excluding hydrogens is 358 g/mol. The van der Waals surface area contributed by atoms with Crippen molar-refractivity contribution in [2.75, 3.05) is 14.2 Å². The molecule has 1 aromatic carbocycles. The first-order valence-corrected chi connectivity index (χ1v) is 7.53. The van der Waals surface area contributed by atoms with Crippen LogP contribution < -0.4 is 14.2 Å². The number of hydrogen-bond acceptors (Lipinski definition) is 4. The maximum Gasteiger partial charge on any atom is 0.203 e. The van der Waals surface area contributed by atoms with E-state index >= 15 is 0 Å². The molecule has 0 unspecified atom stereocenters. The number of pyridine rings is 1. The number of alkyl halides is 1. The van der Waals surface area contributed by atoms with Gasteiger partial charge in [-0.3, -0.25) is 4.98 Å². The predicted octanol–water partition coefficient (Wildman–Crippen LogP) is 4.18. The molecule has 0 fully saturated rings. The van der Waals surface area contributed by atoms with E-state index in [-0.39, 0.29) is 0 Å². The van der Waals surface area contributed by atoms with Gasteiger partial charge >= 0.3 is 0 Å². The van der Waals surface area contributed by atoms with Gasteiger partial charge in [-0.25, -0.2) is 0 Å². The summed E-state index contributed by atoms with van der Waals surface area (Å²) in [7, 11) is 3.17. The number of halogens is 2. The zero-order chi connectivity index (χ0) is 15.2. The fourth-order valence-electron chi connectivity index (χ4n) is 1.84. The van der Waals surface area contributed by atoms with Crippen molar-refractivity contribution in [3.63, 3.8) is 0 Å². The fourth-order valence-corrected chi connectivity index (χ4v) is 2.41. The van der Waals surface area contributed by atoms with Crippen LogP contribution >= 0.6 is 27.5 Å². The SMILES string of the molecule is COc1cc(CCl)cc(OC)c1OCc1cncc(Br)c1. The molecule has 2 aromatic rings. The van der Waals surface area contributed by atoms with Crippen molar-refractivity contribution in [1.82, 2.24) is 4.98 Å². The first-order valence-electron chi connectivity index (χ1n) is 6.21. The first kappa shape index (κ1) is 15.9. The van der Waals surface area contributed by atoms with E-state index < -0.39 is 0 Å². The molecule has 0 radical (unpaired) electrons. The van der Waals surface area contributed by atoms with Crippen molar-refractivity contribution in [3.8, 4) is 17.2 Å². The maximum absolute atomic E-state index is 5.86. The van der Waals surface area contributed by atoms with Gasteiger partial charge in [-0.2, -0.15) is 0 Å². The topological polar surface area (TPSA) is 40.6 Å². The highest BCUT2D eigenvalue weighted by Gasteiger charge is 2.14. The highest BCUT2D eigenvalue weighted by Crippen LogP contribution is 2.39. The number of hydrogen-bond donors (Lipinski definition) is 0. The number of rotatable bonds is 6. The minimum atomic E-state index is 0.360. The molecule has 21 heavy (non-hydrogen) atoms. The highest BCUT2D eigenvalue weighted by atomic mass is 79.9. The van der Waals surface area contributed by atoms with Crippen molar-refractivity contribution in [2.45, 2.75) is 12.5 Å². The zero-order valence-corrected chi connectivity index (χ0v) is 14.1. The van der Waals surface area contributed by atoms with Crippen LogP contribution in [0.25, 0.3) is 0 Å². The van der Waals surface area contributed by atoms with Gasteiger partial charge in [0.25, 0.3) is 0 Å². The second kappa shape index (κ2) is 7.52.